The number of fused-ring (bicyclic) bond motifs is 1. The van der Waals surface area contributed by atoms with E-state index in [0.717, 1.165) is 20.4 Å². The van der Waals surface area contributed by atoms with Crippen LogP contribution in [0.25, 0.3) is 10.2 Å². The van der Waals surface area contributed by atoms with Gasteiger partial charge in [0.1, 0.15) is 11.5 Å². The molecule has 0 fully saturated rings. The summed E-state index contributed by atoms with van der Waals surface area (Å²) in [5.41, 5.74) is 1.49. The zero-order valence-corrected chi connectivity index (χ0v) is 16.1. The van der Waals surface area contributed by atoms with Crippen molar-refractivity contribution in [3.05, 3.63) is 44.8 Å². The topological polar surface area (TPSA) is 54.7 Å². The van der Waals surface area contributed by atoms with Crippen LogP contribution in [0.2, 0.25) is 0 Å². The second kappa shape index (κ2) is 6.98. The number of aromatic hydroxyl groups is 1. The molecule has 3 aromatic rings. The van der Waals surface area contributed by atoms with Gasteiger partial charge in [-0.3, -0.25) is 0 Å². The molecule has 0 aliphatic carbocycles. The monoisotopic (exact) mass is 454 g/mol. The Balaban J connectivity index is 1.92. The first-order valence-electron chi connectivity index (χ1n) is 6.82. The smallest absolute Gasteiger partial charge is 0.210 e. The highest BCUT2D eigenvalue weighted by Gasteiger charge is 2.07. The maximum Gasteiger partial charge on any atom is 0.210 e. The molecule has 0 spiro atoms. The number of ether oxygens (including phenoxy) is 1. The van der Waals surface area contributed by atoms with E-state index in [1.54, 1.807) is 18.3 Å². The maximum absolute atomic E-state index is 10.0. The molecule has 0 bridgehead atoms. The highest BCUT2D eigenvalue weighted by Crippen LogP contribution is 2.33. The molecule has 0 unspecified atom stereocenters. The van der Waals surface area contributed by atoms with Gasteiger partial charge in [0.25, 0.3) is 0 Å². The van der Waals surface area contributed by atoms with Crippen LogP contribution < -0.4 is 4.74 Å². The third-order valence-corrected chi connectivity index (χ3v) is 5.02. The van der Waals surface area contributed by atoms with Crippen molar-refractivity contribution >= 4 is 64.8 Å². The summed E-state index contributed by atoms with van der Waals surface area (Å²) in [6, 6.07) is 9.35. The number of phenolic OH excluding ortho intramolecular Hbond substituents is 1. The van der Waals surface area contributed by atoms with Crippen LogP contribution in [0.1, 0.15) is 12.5 Å². The Morgan fingerprint density at radius 2 is 2.13 bits per heavy atom. The molecule has 0 aliphatic rings. The van der Waals surface area contributed by atoms with Crippen molar-refractivity contribution in [3.8, 4) is 11.5 Å². The van der Waals surface area contributed by atoms with E-state index >= 15 is 0 Å². The molecule has 23 heavy (non-hydrogen) atoms. The average Bonchev–Trinajstić information content (AvgIpc) is 2.92. The fourth-order valence-corrected chi connectivity index (χ4v) is 4.11. The van der Waals surface area contributed by atoms with Gasteiger partial charge in [-0.1, -0.05) is 27.3 Å². The quantitative estimate of drug-likeness (QED) is 0.515. The second-order valence-electron chi connectivity index (χ2n) is 4.64. The van der Waals surface area contributed by atoms with Crippen LogP contribution in [0.15, 0.2) is 44.3 Å². The molecule has 4 nitrogen and oxygen atoms in total. The van der Waals surface area contributed by atoms with E-state index < -0.39 is 0 Å². The molecule has 0 atom stereocenters. The largest absolute Gasteiger partial charge is 0.506 e. The lowest BCUT2D eigenvalue weighted by Gasteiger charge is -2.02. The minimum Gasteiger partial charge on any atom is -0.506 e. The molecular weight excluding hydrogens is 444 g/mol. The van der Waals surface area contributed by atoms with Gasteiger partial charge in [-0.2, -0.15) is 0 Å². The van der Waals surface area contributed by atoms with Crippen LogP contribution in [0.5, 0.6) is 11.5 Å². The van der Waals surface area contributed by atoms with Crippen molar-refractivity contribution in [2.45, 2.75) is 6.92 Å². The number of rotatable bonds is 4. The van der Waals surface area contributed by atoms with E-state index in [1.807, 2.05) is 25.1 Å². The Labute approximate surface area is 154 Å². The van der Waals surface area contributed by atoms with Gasteiger partial charge >= 0.3 is 0 Å². The van der Waals surface area contributed by atoms with Gasteiger partial charge in [0.15, 0.2) is 0 Å². The predicted molar refractivity (Wildman–Crippen MR) is 102 cm³/mol. The summed E-state index contributed by atoms with van der Waals surface area (Å²) in [6.07, 6.45) is 1.60. The lowest BCUT2D eigenvalue weighted by Crippen LogP contribution is -1.89. The van der Waals surface area contributed by atoms with E-state index in [9.17, 15) is 5.11 Å². The van der Waals surface area contributed by atoms with Crippen LogP contribution in [0.4, 0.5) is 5.13 Å². The van der Waals surface area contributed by atoms with Crippen molar-refractivity contribution in [2.75, 3.05) is 6.61 Å². The molecule has 0 aliphatic heterocycles. The van der Waals surface area contributed by atoms with Crippen LogP contribution in [-0.4, -0.2) is 22.9 Å². The van der Waals surface area contributed by atoms with Gasteiger partial charge < -0.3 is 9.84 Å². The van der Waals surface area contributed by atoms with Gasteiger partial charge in [0.05, 0.1) is 21.3 Å². The van der Waals surface area contributed by atoms with E-state index in [2.05, 4.69) is 41.8 Å². The average molecular weight is 456 g/mol. The zero-order valence-electron chi connectivity index (χ0n) is 12.1. The molecule has 1 N–H and O–H groups in total. The molecule has 2 aromatic carbocycles. The molecule has 1 heterocycles. The lowest BCUT2D eigenvalue weighted by atomic mass is 10.2. The van der Waals surface area contributed by atoms with E-state index in [4.69, 9.17) is 4.74 Å². The van der Waals surface area contributed by atoms with Crippen LogP contribution in [0, 0.1) is 0 Å². The van der Waals surface area contributed by atoms with Crippen LogP contribution >= 0.6 is 43.2 Å². The van der Waals surface area contributed by atoms with Crippen molar-refractivity contribution in [2.24, 2.45) is 4.99 Å². The molecule has 7 heteroatoms. The minimum atomic E-state index is 0.150. The Kier molecular flexibility index (Phi) is 4.99. The van der Waals surface area contributed by atoms with Crippen molar-refractivity contribution in [1.82, 2.24) is 4.98 Å². The Morgan fingerprint density at radius 1 is 1.30 bits per heavy atom. The first kappa shape index (κ1) is 16.4. The Morgan fingerprint density at radius 3 is 2.91 bits per heavy atom. The number of halogens is 2. The van der Waals surface area contributed by atoms with Gasteiger partial charge in [0, 0.05) is 16.3 Å². The number of aromatic nitrogens is 1. The van der Waals surface area contributed by atoms with Gasteiger partial charge in [0.2, 0.25) is 5.13 Å². The lowest BCUT2D eigenvalue weighted by molar-refractivity contribution is 0.341. The molecule has 0 saturated heterocycles. The zero-order chi connectivity index (χ0) is 16.4. The molecule has 1 aromatic heterocycles. The summed E-state index contributed by atoms with van der Waals surface area (Å²) < 4.78 is 7.97. The van der Waals surface area contributed by atoms with Crippen molar-refractivity contribution < 1.29 is 9.84 Å². The third-order valence-electron chi connectivity index (χ3n) is 3.03. The van der Waals surface area contributed by atoms with Gasteiger partial charge in [-0.25, -0.2) is 9.98 Å². The first-order chi connectivity index (χ1) is 11.1. The summed E-state index contributed by atoms with van der Waals surface area (Å²) in [4.78, 5) is 8.84. The van der Waals surface area contributed by atoms with E-state index in [1.165, 1.54) is 11.3 Å². The number of benzene rings is 2. The normalized spacial score (nSPS) is 11.4. The molecule has 3 rings (SSSR count). The molecule has 118 valence electrons. The SMILES string of the molecule is CCOc1ccc2nc(/N=C/c3cc(Br)cc(Br)c3O)sc2c1. The first-order valence-corrected chi connectivity index (χ1v) is 9.22. The molecule has 0 amide bonds. The minimum absolute atomic E-state index is 0.150. The number of nitrogens with zero attached hydrogens (tertiary/aromatic N) is 2. The Bertz CT molecular complexity index is 893. The number of hydrogen-bond donors (Lipinski definition) is 1. The van der Waals surface area contributed by atoms with Gasteiger partial charge in [-0.05, 0) is 53.2 Å². The number of aliphatic imine (C=N–C) groups is 1. The van der Waals surface area contributed by atoms with Crippen LogP contribution in [0.3, 0.4) is 0 Å². The summed E-state index contributed by atoms with van der Waals surface area (Å²) in [6.45, 7) is 2.58. The van der Waals surface area contributed by atoms with Gasteiger partial charge in [-0.15, -0.1) is 0 Å². The van der Waals surface area contributed by atoms with Crippen molar-refractivity contribution in [3.63, 3.8) is 0 Å². The Hall–Kier alpha value is -1.44. The van der Waals surface area contributed by atoms with E-state index in [-0.39, 0.29) is 5.75 Å². The predicted octanol–water partition coefficient (Wildman–Crippen LogP) is 5.68. The highest BCUT2D eigenvalue weighted by atomic mass is 79.9. The number of hydrogen-bond acceptors (Lipinski definition) is 5. The number of thiazole rings is 1. The third kappa shape index (κ3) is 3.73. The van der Waals surface area contributed by atoms with Crippen LogP contribution in [-0.2, 0) is 0 Å². The summed E-state index contributed by atoms with van der Waals surface area (Å²) in [5, 5.41) is 10.7. The number of phenols is 1. The standard InChI is InChI=1S/C16H12Br2N2O2S/c1-2-22-11-3-4-13-14(7-11)23-16(20-13)19-8-9-5-10(17)6-12(18)15(9)21/h3-8,21H,2H2,1H3/b19-8+. The molecule has 0 saturated carbocycles. The summed E-state index contributed by atoms with van der Waals surface area (Å²) in [5.74, 6) is 0.976. The second-order valence-corrected chi connectivity index (χ2v) is 7.42. The highest BCUT2D eigenvalue weighted by molar-refractivity contribution is 9.11. The van der Waals surface area contributed by atoms with Crippen molar-refractivity contribution in [1.29, 1.82) is 0 Å². The van der Waals surface area contributed by atoms with E-state index in [0.29, 0.717) is 21.8 Å². The molecule has 0 radical (unpaired) electrons. The summed E-state index contributed by atoms with van der Waals surface area (Å²) >= 11 is 8.18. The fourth-order valence-electron chi connectivity index (χ4n) is 2.01. The maximum atomic E-state index is 10.0. The summed E-state index contributed by atoms with van der Waals surface area (Å²) in [7, 11) is 0. The fraction of sp³-hybridized carbons (Fsp3) is 0.125. The molecular formula is C16H12Br2N2O2S.